The molecule has 1 saturated heterocycles. The van der Waals surface area contributed by atoms with Crippen LogP contribution in [-0.2, 0) is 4.79 Å². The van der Waals surface area contributed by atoms with E-state index in [0.717, 1.165) is 12.8 Å². The van der Waals surface area contributed by atoms with Gasteiger partial charge in [-0.3, -0.25) is 4.79 Å². The summed E-state index contributed by atoms with van der Waals surface area (Å²) in [4.78, 5) is 27.3. The number of hydrogen-bond donors (Lipinski definition) is 2. The van der Waals surface area contributed by atoms with Gasteiger partial charge in [0.05, 0.1) is 5.02 Å². The van der Waals surface area contributed by atoms with Crippen LogP contribution >= 0.6 is 11.6 Å². The molecule has 1 aliphatic heterocycles. The van der Waals surface area contributed by atoms with Gasteiger partial charge in [0, 0.05) is 12.7 Å². The standard InChI is InChI=1S/C11H13ClN2O3/c12-7-5-8(13-6-7)10(15)14-4-2-1-3-9(14)11(16)17/h5-6,9,13H,1-4H2,(H,16,17)/t9-/m1/s1. The van der Waals surface area contributed by atoms with Crippen LogP contribution in [-0.4, -0.2) is 39.5 Å². The average Bonchev–Trinajstić information content (AvgIpc) is 2.75. The van der Waals surface area contributed by atoms with Crippen LogP contribution in [0.15, 0.2) is 12.3 Å². The van der Waals surface area contributed by atoms with E-state index >= 15 is 0 Å². The lowest BCUT2D eigenvalue weighted by atomic mass is 10.0. The van der Waals surface area contributed by atoms with Crippen molar-refractivity contribution in [2.75, 3.05) is 6.54 Å². The third-order valence-electron chi connectivity index (χ3n) is 2.93. The Morgan fingerprint density at radius 2 is 2.24 bits per heavy atom. The Bertz CT molecular complexity index is 444. The lowest BCUT2D eigenvalue weighted by Gasteiger charge is -2.32. The molecule has 1 aromatic heterocycles. The third-order valence-corrected chi connectivity index (χ3v) is 3.15. The summed E-state index contributed by atoms with van der Waals surface area (Å²) in [5.41, 5.74) is 0.336. The summed E-state index contributed by atoms with van der Waals surface area (Å²) < 4.78 is 0. The zero-order valence-corrected chi connectivity index (χ0v) is 9.91. The first-order valence-electron chi connectivity index (χ1n) is 5.47. The molecule has 0 bridgehead atoms. The highest BCUT2D eigenvalue weighted by Gasteiger charge is 2.32. The molecule has 2 heterocycles. The molecule has 0 aromatic carbocycles. The maximum atomic E-state index is 12.1. The normalized spacial score (nSPS) is 20.3. The summed E-state index contributed by atoms with van der Waals surface area (Å²) in [6, 6.07) is 0.788. The molecule has 6 heteroatoms. The molecule has 92 valence electrons. The number of likely N-dealkylation sites (tertiary alicyclic amines) is 1. The van der Waals surface area contributed by atoms with Gasteiger partial charge in [-0.15, -0.1) is 0 Å². The van der Waals surface area contributed by atoms with E-state index in [0.29, 0.717) is 23.7 Å². The summed E-state index contributed by atoms with van der Waals surface area (Å²) in [7, 11) is 0. The van der Waals surface area contributed by atoms with E-state index in [-0.39, 0.29) is 5.91 Å². The molecule has 1 aliphatic rings. The van der Waals surface area contributed by atoms with Crippen LogP contribution in [0.5, 0.6) is 0 Å². The van der Waals surface area contributed by atoms with Crippen molar-refractivity contribution >= 4 is 23.5 Å². The van der Waals surface area contributed by atoms with Gasteiger partial charge in [0.1, 0.15) is 11.7 Å². The third kappa shape index (κ3) is 2.44. The first-order valence-corrected chi connectivity index (χ1v) is 5.85. The number of carboxylic acid groups (broad SMARTS) is 1. The number of hydrogen-bond acceptors (Lipinski definition) is 2. The zero-order valence-electron chi connectivity index (χ0n) is 9.15. The van der Waals surface area contributed by atoms with Gasteiger partial charge < -0.3 is 15.0 Å². The molecule has 5 nitrogen and oxygen atoms in total. The molecule has 0 radical (unpaired) electrons. The molecule has 0 unspecified atom stereocenters. The predicted octanol–water partition coefficient (Wildman–Crippen LogP) is 1.75. The summed E-state index contributed by atoms with van der Waals surface area (Å²) in [6.45, 7) is 0.479. The van der Waals surface area contributed by atoms with Crippen molar-refractivity contribution in [1.82, 2.24) is 9.88 Å². The van der Waals surface area contributed by atoms with Crippen LogP contribution in [0.3, 0.4) is 0 Å². The number of carboxylic acids is 1. The number of carbonyl (C=O) groups is 2. The number of H-pyrrole nitrogens is 1. The molecule has 2 rings (SSSR count). The van der Waals surface area contributed by atoms with Gasteiger partial charge in [-0.1, -0.05) is 11.6 Å². The predicted molar refractivity (Wildman–Crippen MR) is 62.1 cm³/mol. The first kappa shape index (κ1) is 12.0. The Kier molecular flexibility index (Phi) is 3.38. The van der Waals surface area contributed by atoms with Crippen molar-refractivity contribution in [3.63, 3.8) is 0 Å². The van der Waals surface area contributed by atoms with E-state index < -0.39 is 12.0 Å². The van der Waals surface area contributed by atoms with Crippen molar-refractivity contribution in [3.8, 4) is 0 Å². The smallest absolute Gasteiger partial charge is 0.326 e. The van der Waals surface area contributed by atoms with Crippen LogP contribution in [0.1, 0.15) is 29.8 Å². The summed E-state index contributed by atoms with van der Waals surface area (Å²) in [5, 5.41) is 9.52. The van der Waals surface area contributed by atoms with E-state index in [1.54, 1.807) is 0 Å². The summed E-state index contributed by atoms with van der Waals surface area (Å²) in [5.74, 6) is -1.25. The minimum Gasteiger partial charge on any atom is -0.480 e. The Hall–Kier alpha value is -1.49. The summed E-state index contributed by atoms with van der Waals surface area (Å²) in [6.07, 6.45) is 3.69. The Balaban J connectivity index is 2.19. The fourth-order valence-corrected chi connectivity index (χ4v) is 2.24. The lowest BCUT2D eigenvalue weighted by molar-refractivity contribution is -0.143. The van der Waals surface area contributed by atoms with Crippen LogP contribution in [0, 0.1) is 0 Å². The van der Waals surface area contributed by atoms with Gasteiger partial charge in [0.25, 0.3) is 5.91 Å². The number of aromatic amines is 1. The molecule has 1 fully saturated rings. The van der Waals surface area contributed by atoms with E-state index in [2.05, 4.69) is 4.98 Å². The topological polar surface area (TPSA) is 73.4 Å². The highest BCUT2D eigenvalue weighted by atomic mass is 35.5. The fourth-order valence-electron chi connectivity index (χ4n) is 2.08. The van der Waals surface area contributed by atoms with Crippen molar-refractivity contribution in [3.05, 3.63) is 23.0 Å². The van der Waals surface area contributed by atoms with Crippen molar-refractivity contribution < 1.29 is 14.7 Å². The van der Waals surface area contributed by atoms with E-state index in [1.807, 2.05) is 0 Å². The molecule has 0 saturated carbocycles. The fraction of sp³-hybridized carbons (Fsp3) is 0.455. The van der Waals surface area contributed by atoms with Crippen molar-refractivity contribution in [2.24, 2.45) is 0 Å². The van der Waals surface area contributed by atoms with Gasteiger partial charge in [-0.05, 0) is 25.3 Å². The average molecular weight is 257 g/mol. The second-order valence-corrected chi connectivity index (χ2v) is 4.52. The van der Waals surface area contributed by atoms with Crippen molar-refractivity contribution in [1.29, 1.82) is 0 Å². The molecular formula is C11H13ClN2O3. The number of rotatable bonds is 2. The molecule has 0 aliphatic carbocycles. The van der Waals surface area contributed by atoms with Gasteiger partial charge in [-0.25, -0.2) is 4.79 Å². The van der Waals surface area contributed by atoms with Crippen LogP contribution in [0.25, 0.3) is 0 Å². The number of nitrogens with zero attached hydrogens (tertiary/aromatic N) is 1. The number of aromatic nitrogens is 1. The second-order valence-electron chi connectivity index (χ2n) is 4.08. The molecule has 17 heavy (non-hydrogen) atoms. The lowest BCUT2D eigenvalue weighted by Crippen LogP contribution is -2.48. The van der Waals surface area contributed by atoms with Gasteiger partial charge in [-0.2, -0.15) is 0 Å². The van der Waals surface area contributed by atoms with Gasteiger partial charge in [0.2, 0.25) is 0 Å². The molecular weight excluding hydrogens is 244 g/mol. The van der Waals surface area contributed by atoms with Crippen LogP contribution < -0.4 is 0 Å². The highest BCUT2D eigenvalue weighted by molar-refractivity contribution is 6.31. The maximum Gasteiger partial charge on any atom is 0.326 e. The van der Waals surface area contributed by atoms with Crippen LogP contribution in [0.2, 0.25) is 5.02 Å². The SMILES string of the molecule is O=C(O)[C@H]1CCCCN1C(=O)c1cc(Cl)c[nH]1. The molecule has 0 spiro atoms. The number of halogens is 1. The summed E-state index contributed by atoms with van der Waals surface area (Å²) >= 11 is 5.72. The number of aliphatic carboxylic acids is 1. The Morgan fingerprint density at radius 1 is 1.47 bits per heavy atom. The maximum absolute atomic E-state index is 12.1. The quantitative estimate of drug-likeness (QED) is 0.847. The molecule has 1 atom stereocenters. The zero-order chi connectivity index (χ0) is 12.4. The van der Waals surface area contributed by atoms with E-state index in [9.17, 15) is 9.59 Å². The largest absolute Gasteiger partial charge is 0.480 e. The van der Waals surface area contributed by atoms with Gasteiger partial charge >= 0.3 is 5.97 Å². The number of amides is 1. The van der Waals surface area contributed by atoms with E-state index in [1.165, 1.54) is 17.2 Å². The Morgan fingerprint density at radius 3 is 2.82 bits per heavy atom. The molecule has 1 amide bonds. The van der Waals surface area contributed by atoms with Crippen molar-refractivity contribution in [2.45, 2.75) is 25.3 Å². The minimum absolute atomic E-state index is 0.302. The Labute approximate surface area is 103 Å². The second kappa shape index (κ2) is 4.79. The number of nitrogens with one attached hydrogen (secondary N) is 1. The minimum atomic E-state index is -0.948. The monoisotopic (exact) mass is 256 g/mol. The number of carbonyl (C=O) groups excluding carboxylic acids is 1. The van der Waals surface area contributed by atoms with Crippen LogP contribution in [0.4, 0.5) is 0 Å². The number of piperidine rings is 1. The highest BCUT2D eigenvalue weighted by Crippen LogP contribution is 2.20. The molecule has 2 N–H and O–H groups in total. The van der Waals surface area contributed by atoms with E-state index in [4.69, 9.17) is 16.7 Å². The molecule has 1 aromatic rings. The van der Waals surface area contributed by atoms with Gasteiger partial charge in [0.15, 0.2) is 0 Å². The first-order chi connectivity index (χ1) is 8.09.